The van der Waals surface area contributed by atoms with Crippen molar-refractivity contribution in [2.75, 3.05) is 31.6 Å². The number of carboxylic acids is 1. The van der Waals surface area contributed by atoms with Crippen molar-refractivity contribution in [3.8, 4) is 0 Å². The molecule has 1 saturated heterocycles. The summed E-state index contributed by atoms with van der Waals surface area (Å²) in [6.45, 7) is 3.94. The normalized spacial score (nSPS) is 19.6. The number of nitrogens with zero attached hydrogens (tertiary/aromatic N) is 2. The summed E-state index contributed by atoms with van der Waals surface area (Å²) in [4.78, 5) is 15.3. The maximum Gasteiger partial charge on any atom is 0.303 e. The zero-order chi connectivity index (χ0) is 14.1. The van der Waals surface area contributed by atoms with E-state index < -0.39 is 5.97 Å². The van der Waals surface area contributed by atoms with Crippen molar-refractivity contribution >= 4 is 11.7 Å². The second kappa shape index (κ2) is 5.44. The van der Waals surface area contributed by atoms with Crippen molar-refractivity contribution in [1.82, 2.24) is 4.90 Å². The van der Waals surface area contributed by atoms with E-state index in [1.807, 2.05) is 0 Å². The lowest BCUT2D eigenvalue weighted by Gasteiger charge is -2.39. The molecule has 2 aliphatic heterocycles. The Labute approximate surface area is 120 Å². The Hall–Kier alpha value is -1.55. The lowest BCUT2D eigenvalue weighted by atomic mass is 9.94. The predicted molar refractivity (Wildman–Crippen MR) is 79.1 cm³/mol. The van der Waals surface area contributed by atoms with Gasteiger partial charge in [-0.25, -0.2) is 0 Å². The third-order valence-corrected chi connectivity index (χ3v) is 4.40. The van der Waals surface area contributed by atoms with Crippen LogP contribution in [0.3, 0.4) is 0 Å². The van der Waals surface area contributed by atoms with Gasteiger partial charge in [-0.15, -0.1) is 0 Å². The van der Waals surface area contributed by atoms with Crippen LogP contribution in [0.2, 0.25) is 0 Å². The Morgan fingerprint density at radius 2 is 2.20 bits per heavy atom. The van der Waals surface area contributed by atoms with E-state index in [9.17, 15) is 4.79 Å². The third-order valence-electron chi connectivity index (χ3n) is 4.40. The van der Waals surface area contributed by atoms with E-state index in [0.29, 0.717) is 12.3 Å². The monoisotopic (exact) mass is 274 g/mol. The van der Waals surface area contributed by atoms with Gasteiger partial charge in [0, 0.05) is 38.9 Å². The molecular formula is C16H22N2O2. The van der Waals surface area contributed by atoms with Gasteiger partial charge in [0.15, 0.2) is 0 Å². The highest BCUT2D eigenvalue weighted by Gasteiger charge is 2.28. The largest absolute Gasteiger partial charge is 0.481 e. The van der Waals surface area contributed by atoms with Crippen molar-refractivity contribution in [3.05, 3.63) is 29.3 Å². The van der Waals surface area contributed by atoms with Gasteiger partial charge in [0.25, 0.3) is 0 Å². The summed E-state index contributed by atoms with van der Waals surface area (Å²) < 4.78 is 0. The maximum absolute atomic E-state index is 10.6. The molecule has 0 atom stereocenters. The molecule has 0 aliphatic carbocycles. The molecule has 1 aromatic carbocycles. The number of anilines is 1. The number of hydrogen-bond acceptors (Lipinski definition) is 3. The molecule has 0 aromatic heterocycles. The summed E-state index contributed by atoms with van der Waals surface area (Å²) in [5, 5.41) is 8.76. The fourth-order valence-electron chi connectivity index (χ4n) is 3.38. The second-order valence-corrected chi connectivity index (χ2v) is 6.15. The van der Waals surface area contributed by atoms with Gasteiger partial charge in [-0.1, -0.05) is 12.1 Å². The van der Waals surface area contributed by atoms with Crippen LogP contribution in [0.5, 0.6) is 0 Å². The zero-order valence-electron chi connectivity index (χ0n) is 12.0. The second-order valence-electron chi connectivity index (χ2n) is 6.15. The quantitative estimate of drug-likeness (QED) is 0.911. The van der Waals surface area contributed by atoms with Gasteiger partial charge in [0.05, 0.1) is 6.42 Å². The molecule has 3 rings (SSSR count). The minimum atomic E-state index is -0.675. The van der Waals surface area contributed by atoms with E-state index in [0.717, 1.165) is 26.2 Å². The predicted octanol–water partition coefficient (Wildman–Crippen LogP) is 1.98. The number of aliphatic carboxylic acids is 1. The van der Waals surface area contributed by atoms with E-state index in [1.165, 1.54) is 29.7 Å². The van der Waals surface area contributed by atoms with Crippen LogP contribution in [-0.4, -0.2) is 42.7 Å². The first kappa shape index (κ1) is 13.4. The number of carbonyl (C=O) groups is 1. The highest BCUT2D eigenvalue weighted by molar-refractivity contribution is 5.67. The molecule has 4 heteroatoms. The first-order valence-corrected chi connectivity index (χ1v) is 7.39. The van der Waals surface area contributed by atoms with Crippen molar-refractivity contribution in [2.45, 2.75) is 25.8 Å². The van der Waals surface area contributed by atoms with E-state index in [4.69, 9.17) is 5.11 Å². The highest BCUT2D eigenvalue weighted by Crippen LogP contribution is 2.28. The zero-order valence-corrected chi connectivity index (χ0v) is 12.0. The molecule has 1 N–H and O–H groups in total. The molecule has 0 amide bonds. The Bertz CT molecular complexity index is 509. The van der Waals surface area contributed by atoms with Gasteiger partial charge in [0.1, 0.15) is 0 Å². The molecule has 0 spiro atoms. The Morgan fingerprint density at radius 1 is 1.40 bits per heavy atom. The standard InChI is InChI=1S/C16H22N2O2/c1-17-6-2-3-14-7-12(4-5-15(14)17)9-18-10-13(11-18)8-16(19)20/h4-5,7,13H,2-3,6,8-11H2,1H3,(H,19,20). The van der Waals surface area contributed by atoms with Crippen LogP contribution in [0.15, 0.2) is 18.2 Å². The first-order chi connectivity index (χ1) is 9.61. The van der Waals surface area contributed by atoms with Crippen LogP contribution < -0.4 is 4.90 Å². The molecule has 4 nitrogen and oxygen atoms in total. The van der Waals surface area contributed by atoms with Crippen LogP contribution in [0, 0.1) is 5.92 Å². The molecule has 0 bridgehead atoms. The van der Waals surface area contributed by atoms with Gasteiger partial charge in [-0.05, 0) is 36.0 Å². The van der Waals surface area contributed by atoms with Crippen LogP contribution in [0.25, 0.3) is 0 Å². The van der Waals surface area contributed by atoms with E-state index in [1.54, 1.807) is 0 Å². The molecule has 1 aromatic rings. The number of likely N-dealkylation sites (tertiary alicyclic amines) is 1. The molecule has 0 radical (unpaired) electrons. The number of hydrogen-bond donors (Lipinski definition) is 1. The molecule has 2 aliphatic rings. The smallest absolute Gasteiger partial charge is 0.303 e. The van der Waals surface area contributed by atoms with Gasteiger partial charge in [-0.3, -0.25) is 9.69 Å². The van der Waals surface area contributed by atoms with Crippen LogP contribution in [-0.2, 0) is 17.8 Å². The number of carboxylic acid groups (broad SMARTS) is 1. The van der Waals surface area contributed by atoms with Crippen molar-refractivity contribution in [1.29, 1.82) is 0 Å². The average molecular weight is 274 g/mol. The molecule has 2 heterocycles. The Balaban J connectivity index is 1.58. The fraction of sp³-hybridized carbons (Fsp3) is 0.562. The summed E-state index contributed by atoms with van der Waals surface area (Å²) in [5.41, 5.74) is 4.18. The number of benzene rings is 1. The van der Waals surface area contributed by atoms with Crippen molar-refractivity contribution in [3.63, 3.8) is 0 Å². The fourth-order valence-corrected chi connectivity index (χ4v) is 3.38. The van der Waals surface area contributed by atoms with Gasteiger partial charge < -0.3 is 10.0 Å². The van der Waals surface area contributed by atoms with Crippen LogP contribution >= 0.6 is 0 Å². The minimum absolute atomic E-state index is 0.311. The topological polar surface area (TPSA) is 43.8 Å². The first-order valence-electron chi connectivity index (χ1n) is 7.39. The third kappa shape index (κ3) is 2.80. The summed E-state index contributed by atoms with van der Waals surface area (Å²) >= 11 is 0. The molecular weight excluding hydrogens is 252 g/mol. The van der Waals surface area contributed by atoms with E-state index in [2.05, 4.69) is 35.0 Å². The summed E-state index contributed by atoms with van der Waals surface area (Å²) in [6.07, 6.45) is 2.72. The highest BCUT2D eigenvalue weighted by atomic mass is 16.4. The Kier molecular flexibility index (Phi) is 3.66. The summed E-state index contributed by atoms with van der Waals surface area (Å²) in [6, 6.07) is 6.78. The molecule has 20 heavy (non-hydrogen) atoms. The number of fused-ring (bicyclic) bond motifs is 1. The average Bonchev–Trinajstić information content (AvgIpc) is 2.36. The number of rotatable bonds is 4. The molecule has 0 saturated carbocycles. The summed E-state index contributed by atoms with van der Waals surface area (Å²) in [5.74, 6) is -0.331. The molecule has 1 fully saturated rings. The van der Waals surface area contributed by atoms with Gasteiger partial charge in [-0.2, -0.15) is 0 Å². The van der Waals surface area contributed by atoms with Crippen molar-refractivity contribution < 1.29 is 9.90 Å². The SMILES string of the molecule is CN1CCCc2cc(CN3CC(CC(=O)O)C3)ccc21. The maximum atomic E-state index is 10.6. The minimum Gasteiger partial charge on any atom is -0.481 e. The Morgan fingerprint density at radius 3 is 2.95 bits per heavy atom. The number of aryl methyl sites for hydroxylation is 1. The van der Waals surface area contributed by atoms with Crippen molar-refractivity contribution in [2.24, 2.45) is 5.92 Å². The van der Waals surface area contributed by atoms with Gasteiger partial charge >= 0.3 is 5.97 Å². The lowest BCUT2D eigenvalue weighted by Crippen LogP contribution is -2.46. The molecule has 0 unspecified atom stereocenters. The van der Waals surface area contributed by atoms with Crippen LogP contribution in [0.1, 0.15) is 24.0 Å². The summed E-state index contributed by atoms with van der Waals surface area (Å²) in [7, 11) is 2.16. The van der Waals surface area contributed by atoms with E-state index >= 15 is 0 Å². The lowest BCUT2D eigenvalue weighted by molar-refractivity contribution is -0.139. The molecule has 108 valence electrons. The van der Waals surface area contributed by atoms with Crippen LogP contribution in [0.4, 0.5) is 5.69 Å². The van der Waals surface area contributed by atoms with Gasteiger partial charge in [0.2, 0.25) is 0 Å². The van der Waals surface area contributed by atoms with E-state index in [-0.39, 0.29) is 0 Å².